The monoisotopic (exact) mass is 190 g/mol. The first-order valence-electron chi connectivity index (χ1n) is 4.77. The fraction of sp³-hybridized carbons (Fsp3) is 0.364. The first kappa shape index (κ1) is 9.21. The zero-order valence-corrected chi connectivity index (χ0v) is 8.44. The largest absolute Gasteiger partial charge is 0.393 e. The van der Waals surface area contributed by atoms with E-state index in [4.69, 9.17) is 0 Å². The molecule has 3 heteroatoms. The Labute approximate surface area is 83.0 Å². The van der Waals surface area contributed by atoms with Crippen LogP contribution in [-0.2, 0) is 6.42 Å². The van der Waals surface area contributed by atoms with Crippen molar-refractivity contribution < 1.29 is 5.11 Å². The minimum absolute atomic E-state index is 0.345. The van der Waals surface area contributed by atoms with Crippen LogP contribution in [0.3, 0.4) is 0 Å². The van der Waals surface area contributed by atoms with Crippen molar-refractivity contribution in [3.05, 3.63) is 35.9 Å². The third-order valence-electron chi connectivity index (χ3n) is 2.24. The predicted molar refractivity (Wildman–Crippen MR) is 55.3 cm³/mol. The zero-order chi connectivity index (χ0) is 10.1. The summed E-state index contributed by atoms with van der Waals surface area (Å²) >= 11 is 0. The van der Waals surface area contributed by atoms with Crippen molar-refractivity contribution in [2.45, 2.75) is 26.4 Å². The van der Waals surface area contributed by atoms with Gasteiger partial charge in [0.05, 0.1) is 17.8 Å². The van der Waals surface area contributed by atoms with Gasteiger partial charge in [-0.15, -0.1) is 0 Å². The van der Waals surface area contributed by atoms with Crippen LogP contribution in [0.2, 0.25) is 0 Å². The van der Waals surface area contributed by atoms with Crippen LogP contribution in [0.25, 0.3) is 5.52 Å². The van der Waals surface area contributed by atoms with Gasteiger partial charge in [-0.2, -0.15) is 0 Å². The molecule has 2 aromatic heterocycles. The van der Waals surface area contributed by atoms with Crippen LogP contribution in [0.4, 0.5) is 0 Å². The van der Waals surface area contributed by atoms with Gasteiger partial charge in [0, 0.05) is 12.6 Å². The summed E-state index contributed by atoms with van der Waals surface area (Å²) in [5.74, 6) is 0.912. The van der Waals surface area contributed by atoms with Crippen molar-refractivity contribution in [1.29, 1.82) is 0 Å². The minimum atomic E-state index is -0.345. The van der Waals surface area contributed by atoms with Crippen molar-refractivity contribution in [1.82, 2.24) is 9.38 Å². The number of imidazole rings is 1. The van der Waals surface area contributed by atoms with E-state index >= 15 is 0 Å². The topological polar surface area (TPSA) is 37.5 Å². The molecular formula is C11H14N2O. The van der Waals surface area contributed by atoms with Crippen LogP contribution >= 0.6 is 0 Å². The summed E-state index contributed by atoms with van der Waals surface area (Å²) < 4.78 is 2.01. The summed E-state index contributed by atoms with van der Waals surface area (Å²) in [4.78, 5) is 4.28. The van der Waals surface area contributed by atoms with Crippen LogP contribution in [0.1, 0.15) is 18.3 Å². The number of fused-ring (bicyclic) bond motifs is 1. The van der Waals surface area contributed by atoms with E-state index in [0.717, 1.165) is 11.3 Å². The van der Waals surface area contributed by atoms with Gasteiger partial charge in [-0.05, 0) is 31.5 Å². The average Bonchev–Trinajstić information content (AvgIpc) is 2.47. The van der Waals surface area contributed by atoms with Gasteiger partial charge in [-0.25, -0.2) is 4.98 Å². The summed E-state index contributed by atoms with van der Waals surface area (Å²) in [6.07, 6.45) is 4.08. The van der Waals surface area contributed by atoms with Gasteiger partial charge in [0.25, 0.3) is 0 Å². The SMILES string of the molecule is Cc1ccn2c(CC(C)O)ncc2c1. The lowest BCUT2D eigenvalue weighted by atomic mass is 10.2. The second-order valence-electron chi connectivity index (χ2n) is 3.73. The highest BCUT2D eigenvalue weighted by Gasteiger charge is 2.05. The molecule has 0 aliphatic carbocycles. The molecule has 0 radical (unpaired) electrons. The van der Waals surface area contributed by atoms with Crippen LogP contribution in [0, 0.1) is 6.92 Å². The smallest absolute Gasteiger partial charge is 0.115 e. The maximum atomic E-state index is 9.28. The van der Waals surface area contributed by atoms with Crippen molar-refractivity contribution in [3.8, 4) is 0 Å². The lowest BCUT2D eigenvalue weighted by molar-refractivity contribution is 0.192. The van der Waals surface area contributed by atoms with E-state index in [-0.39, 0.29) is 6.10 Å². The van der Waals surface area contributed by atoms with E-state index in [0.29, 0.717) is 6.42 Å². The Balaban J connectivity index is 2.47. The highest BCUT2D eigenvalue weighted by molar-refractivity contribution is 5.48. The van der Waals surface area contributed by atoms with Gasteiger partial charge in [0.1, 0.15) is 5.82 Å². The Morgan fingerprint density at radius 2 is 2.36 bits per heavy atom. The molecule has 2 heterocycles. The molecule has 3 nitrogen and oxygen atoms in total. The van der Waals surface area contributed by atoms with E-state index < -0.39 is 0 Å². The maximum Gasteiger partial charge on any atom is 0.115 e. The third-order valence-corrected chi connectivity index (χ3v) is 2.24. The van der Waals surface area contributed by atoms with Gasteiger partial charge < -0.3 is 9.51 Å². The highest BCUT2D eigenvalue weighted by Crippen LogP contribution is 2.10. The Morgan fingerprint density at radius 1 is 1.57 bits per heavy atom. The number of aryl methyl sites for hydroxylation is 1. The number of aliphatic hydroxyl groups excluding tert-OH is 1. The summed E-state index contributed by atoms with van der Waals surface area (Å²) in [5, 5.41) is 9.28. The van der Waals surface area contributed by atoms with Gasteiger partial charge in [-0.3, -0.25) is 0 Å². The molecule has 0 saturated heterocycles. The number of hydrogen-bond donors (Lipinski definition) is 1. The predicted octanol–water partition coefficient (Wildman–Crippen LogP) is 1.57. The number of hydrogen-bond acceptors (Lipinski definition) is 2. The van der Waals surface area contributed by atoms with E-state index in [2.05, 4.69) is 18.0 Å². The molecule has 1 atom stereocenters. The van der Waals surface area contributed by atoms with Gasteiger partial charge in [0.15, 0.2) is 0 Å². The van der Waals surface area contributed by atoms with Gasteiger partial charge in [0.2, 0.25) is 0 Å². The zero-order valence-electron chi connectivity index (χ0n) is 8.44. The molecule has 0 fully saturated rings. The molecule has 1 N–H and O–H groups in total. The molecule has 2 aromatic rings. The van der Waals surface area contributed by atoms with E-state index in [1.807, 2.05) is 22.9 Å². The molecule has 0 aliphatic heterocycles. The number of aromatic nitrogens is 2. The lowest BCUT2D eigenvalue weighted by Gasteiger charge is -2.03. The molecule has 0 aromatic carbocycles. The van der Waals surface area contributed by atoms with Gasteiger partial charge in [-0.1, -0.05) is 0 Å². The maximum absolute atomic E-state index is 9.28. The van der Waals surface area contributed by atoms with Crippen LogP contribution in [-0.4, -0.2) is 20.6 Å². The second kappa shape index (κ2) is 3.42. The highest BCUT2D eigenvalue weighted by atomic mass is 16.3. The summed E-state index contributed by atoms with van der Waals surface area (Å²) in [6, 6.07) is 4.12. The van der Waals surface area contributed by atoms with Crippen molar-refractivity contribution in [2.75, 3.05) is 0 Å². The number of nitrogens with zero attached hydrogens (tertiary/aromatic N) is 2. The molecular weight excluding hydrogens is 176 g/mol. The summed E-state index contributed by atoms with van der Waals surface area (Å²) in [6.45, 7) is 3.83. The fourth-order valence-electron chi connectivity index (χ4n) is 1.58. The van der Waals surface area contributed by atoms with Crippen molar-refractivity contribution in [3.63, 3.8) is 0 Å². The van der Waals surface area contributed by atoms with Crippen LogP contribution in [0.15, 0.2) is 24.5 Å². The number of aliphatic hydroxyl groups is 1. The molecule has 0 spiro atoms. The number of pyridine rings is 1. The van der Waals surface area contributed by atoms with E-state index in [1.165, 1.54) is 5.56 Å². The lowest BCUT2D eigenvalue weighted by Crippen LogP contribution is -2.07. The average molecular weight is 190 g/mol. The van der Waals surface area contributed by atoms with Crippen LogP contribution < -0.4 is 0 Å². The van der Waals surface area contributed by atoms with Gasteiger partial charge >= 0.3 is 0 Å². The first-order valence-corrected chi connectivity index (χ1v) is 4.77. The molecule has 0 saturated carbocycles. The quantitative estimate of drug-likeness (QED) is 0.780. The molecule has 1 unspecified atom stereocenters. The van der Waals surface area contributed by atoms with Crippen LogP contribution in [0.5, 0.6) is 0 Å². The fourth-order valence-corrected chi connectivity index (χ4v) is 1.58. The Kier molecular flexibility index (Phi) is 2.25. The third kappa shape index (κ3) is 1.63. The van der Waals surface area contributed by atoms with E-state index in [9.17, 15) is 5.11 Å². The Hall–Kier alpha value is -1.35. The molecule has 0 aliphatic rings. The molecule has 14 heavy (non-hydrogen) atoms. The first-order chi connectivity index (χ1) is 6.66. The molecule has 2 rings (SSSR count). The summed E-state index contributed by atoms with van der Waals surface area (Å²) in [5.41, 5.74) is 2.31. The molecule has 0 bridgehead atoms. The van der Waals surface area contributed by atoms with E-state index in [1.54, 1.807) is 6.92 Å². The molecule has 0 amide bonds. The Morgan fingerprint density at radius 3 is 3.07 bits per heavy atom. The normalized spacial score (nSPS) is 13.4. The summed E-state index contributed by atoms with van der Waals surface area (Å²) in [7, 11) is 0. The second-order valence-corrected chi connectivity index (χ2v) is 3.73. The van der Waals surface area contributed by atoms with Crippen molar-refractivity contribution in [2.24, 2.45) is 0 Å². The molecule has 74 valence electrons. The standard InChI is InChI=1S/C11H14N2O/c1-8-3-4-13-10(5-8)7-12-11(13)6-9(2)14/h3-5,7,9,14H,6H2,1-2H3. The number of rotatable bonds is 2. The minimum Gasteiger partial charge on any atom is -0.393 e. The Bertz CT molecular complexity index is 445. The van der Waals surface area contributed by atoms with Crippen molar-refractivity contribution >= 4 is 5.52 Å².